The van der Waals surface area contributed by atoms with Gasteiger partial charge in [0.25, 0.3) is 0 Å². The molecule has 144 valence electrons. The average Bonchev–Trinajstić information content (AvgIpc) is 2.65. The highest BCUT2D eigenvalue weighted by Gasteiger charge is 2.36. The standard InChI is InChI=1S/C22H20O6/c1-11(2)8-13-9-16(24)28-22-17(13)21-18(19(25)20(22)26)14(23)10-15(27-21)12-6-4-3-5-7-12/h3-7,10-11,13,25-26H,8-9H2,1-2H3. The normalized spacial score (nSPS) is 16.2. The van der Waals surface area contributed by atoms with Crippen molar-refractivity contribution in [2.45, 2.75) is 32.6 Å². The second-order valence-corrected chi connectivity index (χ2v) is 7.49. The number of carbonyl (C=O) groups excluding carboxylic acids is 1. The van der Waals surface area contributed by atoms with Gasteiger partial charge in [-0.3, -0.25) is 9.59 Å². The van der Waals surface area contributed by atoms with E-state index in [1.165, 1.54) is 6.07 Å². The number of benzene rings is 2. The first-order valence-corrected chi connectivity index (χ1v) is 9.18. The van der Waals surface area contributed by atoms with Crippen molar-refractivity contribution in [3.63, 3.8) is 0 Å². The second-order valence-electron chi connectivity index (χ2n) is 7.49. The number of fused-ring (bicyclic) bond motifs is 3. The van der Waals surface area contributed by atoms with E-state index in [-0.39, 0.29) is 35.0 Å². The van der Waals surface area contributed by atoms with Gasteiger partial charge in [-0.05, 0) is 12.3 Å². The molecule has 1 aromatic heterocycles. The lowest BCUT2D eigenvalue weighted by atomic mass is 9.84. The van der Waals surface area contributed by atoms with Gasteiger partial charge in [0.2, 0.25) is 5.75 Å². The number of rotatable bonds is 3. The zero-order valence-electron chi connectivity index (χ0n) is 15.6. The van der Waals surface area contributed by atoms with Crippen molar-refractivity contribution in [1.82, 2.24) is 0 Å². The molecule has 0 radical (unpaired) electrons. The van der Waals surface area contributed by atoms with Gasteiger partial charge in [-0.15, -0.1) is 0 Å². The molecule has 0 saturated carbocycles. The third-order valence-corrected chi connectivity index (χ3v) is 4.96. The molecule has 0 fully saturated rings. The predicted octanol–water partition coefficient (Wildman–Crippen LogP) is 4.31. The molecule has 0 amide bonds. The number of ether oxygens (including phenoxy) is 1. The number of carbonyl (C=O) groups is 1. The van der Waals surface area contributed by atoms with Crippen LogP contribution in [0, 0.1) is 5.92 Å². The van der Waals surface area contributed by atoms with Crippen molar-refractivity contribution in [3.8, 4) is 28.6 Å². The van der Waals surface area contributed by atoms with E-state index < -0.39 is 22.9 Å². The second kappa shape index (κ2) is 6.71. The van der Waals surface area contributed by atoms with Gasteiger partial charge in [0.05, 0.1) is 6.42 Å². The Hall–Kier alpha value is -3.28. The van der Waals surface area contributed by atoms with Gasteiger partial charge >= 0.3 is 5.97 Å². The summed E-state index contributed by atoms with van der Waals surface area (Å²) in [7, 11) is 0. The first-order chi connectivity index (χ1) is 13.4. The van der Waals surface area contributed by atoms with Crippen molar-refractivity contribution >= 4 is 16.9 Å². The van der Waals surface area contributed by atoms with Crippen LogP contribution >= 0.6 is 0 Å². The van der Waals surface area contributed by atoms with Crippen LogP contribution in [0.5, 0.6) is 17.2 Å². The zero-order chi connectivity index (χ0) is 20.0. The molecule has 1 aliphatic heterocycles. The molecular weight excluding hydrogens is 360 g/mol. The highest BCUT2D eigenvalue weighted by Crippen LogP contribution is 2.51. The molecule has 3 aromatic rings. The lowest BCUT2D eigenvalue weighted by Gasteiger charge is -2.27. The molecule has 6 nitrogen and oxygen atoms in total. The average molecular weight is 380 g/mol. The van der Waals surface area contributed by atoms with E-state index in [0.29, 0.717) is 23.3 Å². The van der Waals surface area contributed by atoms with Crippen LogP contribution in [0.15, 0.2) is 45.6 Å². The fraction of sp³-hybridized carbons (Fsp3) is 0.273. The third-order valence-electron chi connectivity index (χ3n) is 4.96. The molecule has 28 heavy (non-hydrogen) atoms. The van der Waals surface area contributed by atoms with Crippen LogP contribution in [0.1, 0.15) is 38.2 Å². The van der Waals surface area contributed by atoms with E-state index >= 15 is 0 Å². The van der Waals surface area contributed by atoms with E-state index in [0.717, 1.165) is 0 Å². The molecule has 2 N–H and O–H groups in total. The molecule has 0 spiro atoms. The first-order valence-electron chi connectivity index (χ1n) is 9.18. The smallest absolute Gasteiger partial charge is 0.311 e. The van der Waals surface area contributed by atoms with Crippen LogP contribution < -0.4 is 10.2 Å². The Morgan fingerprint density at radius 3 is 2.50 bits per heavy atom. The zero-order valence-corrected chi connectivity index (χ0v) is 15.6. The van der Waals surface area contributed by atoms with Crippen LogP contribution in [0.2, 0.25) is 0 Å². The molecule has 0 bridgehead atoms. The van der Waals surface area contributed by atoms with E-state index in [2.05, 4.69) is 0 Å². The number of phenols is 2. The Kier molecular flexibility index (Phi) is 4.34. The topological polar surface area (TPSA) is 97.0 Å². The van der Waals surface area contributed by atoms with Crippen LogP contribution in [0.25, 0.3) is 22.3 Å². The molecular formula is C22H20O6. The van der Waals surface area contributed by atoms with Crippen LogP contribution in [-0.4, -0.2) is 16.2 Å². The molecule has 0 saturated heterocycles. The Bertz CT molecular complexity index is 1130. The fourth-order valence-corrected chi connectivity index (χ4v) is 3.81. The summed E-state index contributed by atoms with van der Waals surface area (Å²) in [5, 5.41) is 20.7. The molecule has 2 aromatic carbocycles. The van der Waals surface area contributed by atoms with Gasteiger partial charge in [-0.1, -0.05) is 44.2 Å². The SMILES string of the molecule is CC(C)CC1CC(=O)Oc2c(O)c(O)c3c(=O)cc(-c4ccccc4)oc3c21. The van der Waals surface area contributed by atoms with Gasteiger partial charge in [0, 0.05) is 23.1 Å². The van der Waals surface area contributed by atoms with Gasteiger partial charge in [-0.25, -0.2) is 0 Å². The van der Waals surface area contributed by atoms with Gasteiger partial charge in [0.1, 0.15) is 16.7 Å². The quantitative estimate of drug-likeness (QED) is 0.399. The Labute approximate surface area is 161 Å². The van der Waals surface area contributed by atoms with Crippen molar-refractivity contribution in [2.75, 3.05) is 0 Å². The molecule has 4 rings (SSSR count). The maximum atomic E-state index is 12.8. The Morgan fingerprint density at radius 1 is 1.11 bits per heavy atom. The summed E-state index contributed by atoms with van der Waals surface area (Å²) in [4.78, 5) is 24.9. The van der Waals surface area contributed by atoms with Crippen molar-refractivity contribution in [2.24, 2.45) is 5.92 Å². The van der Waals surface area contributed by atoms with Crippen molar-refractivity contribution in [1.29, 1.82) is 0 Å². The first kappa shape index (κ1) is 18.1. The summed E-state index contributed by atoms with van der Waals surface area (Å²) in [5.74, 6) is -1.55. The number of phenolic OH excluding ortho intramolecular Hbond substituents is 2. The minimum atomic E-state index is -0.639. The summed E-state index contributed by atoms with van der Waals surface area (Å²) < 4.78 is 11.3. The number of aromatic hydroxyl groups is 2. The summed E-state index contributed by atoms with van der Waals surface area (Å²) in [6, 6.07) is 10.4. The lowest BCUT2D eigenvalue weighted by Crippen LogP contribution is -2.22. The highest BCUT2D eigenvalue weighted by molar-refractivity contribution is 5.95. The van der Waals surface area contributed by atoms with Crippen LogP contribution in [-0.2, 0) is 4.79 Å². The Balaban J connectivity index is 2.08. The van der Waals surface area contributed by atoms with E-state index in [4.69, 9.17) is 9.15 Å². The molecule has 6 heteroatoms. The number of hydrogen-bond donors (Lipinski definition) is 2. The number of hydrogen-bond acceptors (Lipinski definition) is 6. The lowest BCUT2D eigenvalue weighted by molar-refractivity contribution is -0.136. The maximum Gasteiger partial charge on any atom is 0.311 e. The highest BCUT2D eigenvalue weighted by atomic mass is 16.5. The monoisotopic (exact) mass is 380 g/mol. The fourth-order valence-electron chi connectivity index (χ4n) is 3.81. The summed E-state index contributed by atoms with van der Waals surface area (Å²) in [6.45, 7) is 4.04. The van der Waals surface area contributed by atoms with Gasteiger partial charge < -0.3 is 19.4 Å². The third kappa shape index (κ3) is 2.91. The molecule has 0 aliphatic carbocycles. The molecule has 2 heterocycles. The van der Waals surface area contributed by atoms with Crippen molar-refractivity contribution in [3.05, 3.63) is 52.2 Å². The number of esters is 1. The largest absolute Gasteiger partial charge is 0.504 e. The van der Waals surface area contributed by atoms with Gasteiger partial charge in [0.15, 0.2) is 16.9 Å². The van der Waals surface area contributed by atoms with Gasteiger partial charge in [-0.2, -0.15) is 0 Å². The summed E-state index contributed by atoms with van der Waals surface area (Å²) >= 11 is 0. The minimum absolute atomic E-state index is 0.109. The van der Waals surface area contributed by atoms with E-state index in [1.54, 1.807) is 0 Å². The van der Waals surface area contributed by atoms with Crippen LogP contribution in [0.3, 0.4) is 0 Å². The van der Waals surface area contributed by atoms with Crippen molar-refractivity contribution < 1.29 is 24.2 Å². The van der Waals surface area contributed by atoms with Crippen LogP contribution in [0.4, 0.5) is 0 Å². The minimum Gasteiger partial charge on any atom is -0.504 e. The maximum absolute atomic E-state index is 12.8. The Morgan fingerprint density at radius 2 is 1.82 bits per heavy atom. The van der Waals surface area contributed by atoms with E-state index in [1.807, 2.05) is 44.2 Å². The molecule has 1 atom stereocenters. The molecule has 1 unspecified atom stereocenters. The summed E-state index contributed by atoms with van der Waals surface area (Å²) in [6.07, 6.45) is 0.754. The van der Waals surface area contributed by atoms with E-state index in [9.17, 15) is 19.8 Å². The molecule has 1 aliphatic rings. The summed E-state index contributed by atoms with van der Waals surface area (Å²) in [5.41, 5.74) is 0.829. The predicted molar refractivity (Wildman–Crippen MR) is 104 cm³/mol.